The van der Waals surface area contributed by atoms with E-state index in [9.17, 15) is 9.18 Å². The Morgan fingerprint density at radius 1 is 1.04 bits per heavy atom. The Kier molecular flexibility index (Phi) is 7.07. The van der Waals surface area contributed by atoms with Crippen LogP contribution in [0.1, 0.15) is 13.3 Å². The summed E-state index contributed by atoms with van der Waals surface area (Å²) < 4.78 is 29.0. The molecule has 0 spiro atoms. The number of carbonyl (C=O) groups excluding carboxylic acids is 1. The molecule has 1 amide bonds. The summed E-state index contributed by atoms with van der Waals surface area (Å²) in [6, 6.07) is 12.8. The molecule has 0 heterocycles. The maximum atomic E-state index is 12.8. The molecule has 0 bridgehead atoms. The summed E-state index contributed by atoms with van der Waals surface area (Å²) in [7, 11) is 1.59. The fourth-order valence-corrected chi connectivity index (χ4v) is 2.13. The van der Waals surface area contributed by atoms with Crippen LogP contribution in [0.3, 0.4) is 0 Å². The summed E-state index contributed by atoms with van der Waals surface area (Å²) in [5.74, 6) is 1.36. The van der Waals surface area contributed by atoms with Crippen molar-refractivity contribution in [2.24, 2.45) is 0 Å². The number of carbonyl (C=O) groups is 1. The molecule has 0 fully saturated rings. The molecule has 0 saturated heterocycles. The van der Waals surface area contributed by atoms with Gasteiger partial charge >= 0.3 is 0 Å². The zero-order chi connectivity index (χ0) is 18.1. The topological polar surface area (TPSA) is 56.8 Å². The van der Waals surface area contributed by atoms with Gasteiger partial charge in [-0.15, -0.1) is 0 Å². The van der Waals surface area contributed by atoms with Gasteiger partial charge in [0.15, 0.2) is 6.10 Å². The summed E-state index contributed by atoms with van der Waals surface area (Å²) in [6.45, 7) is 2.50. The van der Waals surface area contributed by atoms with E-state index in [2.05, 4.69) is 5.32 Å². The molecule has 0 aliphatic heterocycles. The van der Waals surface area contributed by atoms with Crippen LogP contribution >= 0.6 is 0 Å². The highest BCUT2D eigenvalue weighted by Crippen LogP contribution is 2.19. The van der Waals surface area contributed by atoms with E-state index >= 15 is 0 Å². The van der Waals surface area contributed by atoms with Gasteiger partial charge in [0, 0.05) is 0 Å². The highest BCUT2D eigenvalue weighted by molar-refractivity contribution is 5.81. The lowest BCUT2D eigenvalue weighted by atomic mass is 10.2. The first-order valence-electron chi connectivity index (χ1n) is 8.09. The van der Waals surface area contributed by atoms with E-state index in [0.29, 0.717) is 24.5 Å². The van der Waals surface area contributed by atoms with Crippen LogP contribution in [0.5, 0.6) is 17.2 Å². The number of rotatable bonds is 9. The third-order valence-corrected chi connectivity index (χ3v) is 3.48. The first kappa shape index (κ1) is 18.6. The van der Waals surface area contributed by atoms with Crippen LogP contribution in [0.15, 0.2) is 48.5 Å². The molecule has 0 aromatic heterocycles. The molecule has 2 rings (SSSR count). The van der Waals surface area contributed by atoms with Crippen LogP contribution < -0.4 is 19.5 Å². The molecule has 134 valence electrons. The molecule has 25 heavy (non-hydrogen) atoms. The molecule has 2 aromatic carbocycles. The maximum absolute atomic E-state index is 12.8. The number of hydrogen-bond donors (Lipinski definition) is 1. The molecule has 0 saturated carbocycles. The fraction of sp³-hybridized carbons (Fsp3) is 0.316. The minimum Gasteiger partial charge on any atom is -0.497 e. The monoisotopic (exact) mass is 347 g/mol. The van der Waals surface area contributed by atoms with Gasteiger partial charge in [0.1, 0.15) is 29.7 Å². The molecular formula is C19H22FNO4. The smallest absolute Gasteiger partial charge is 0.261 e. The Hall–Kier alpha value is -2.76. The molecule has 2 aromatic rings. The quantitative estimate of drug-likeness (QED) is 0.708. The van der Waals surface area contributed by atoms with E-state index in [1.54, 1.807) is 43.5 Å². The zero-order valence-electron chi connectivity index (χ0n) is 14.3. The first-order valence-corrected chi connectivity index (χ1v) is 8.09. The Bertz CT molecular complexity index is 658. The van der Waals surface area contributed by atoms with Gasteiger partial charge in [-0.2, -0.15) is 0 Å². The number of amides is 1. The van der Waals surface area contributed by atoms with Gasteiger partial charge in [-0.1, -0.05) is 6.92 Å². The van der Waals surface area contributed by atoms with Gasteiger partial charge in [-0.25, -0.2) is 4.39 Å². The zero-order valence-corrected chi connectivity index (χ0v) is 14.3. The third kappa shape index (κ3) is 5.99. The molecule has 6 heteroatoms. The highest BCUT2D eigenvalue weighted by atomic mass is 19.1. The Balaban J connectivity index is 1.75. The summed E-state index contributed by atoms with van der Waals surface area (Å²) in [5, 5.41) is 2.77. The fourth-order valence-electron chi connectivity index (χ4n) is 2.13. The van der Waals surface area contributed by atoms with Crippen LogP contribution in [0.25, 0.3) is 0 Å². The first-order chi connectivity index (χ1) is 12.1. The van der Waals surface area contributed by atoms with Crippen molar-refractivity contribution in [2.45, 2.75) is 19.4 Å². The summed E-state index contributed by atoms with van der Waals surface area (Å²) in [6.07, 6.45) is -0.0457. The number of ether oxygens (including phenoxy) is 3. The van der Waals surface area contributed by atoms with Crippen molar-refractivity contribution in [3.05, 3.63) is 54.3 Å². The average Bonchev–Trinajstić information content (AvgIpc) is 2.65. The summed E-state index contributed by atoms with van der Waals surface area (Å²) in [5.41, 5.74) is 0. The minimum atomic E-state index is -0.584. The Morgan fingerprint density at radius 2 is 1.64 bits per heavy atom. The summed E-state index contributed by atoms with van der Waals surface area (Å²) in [4.78, 5) is 12.2. The van der Waals surface area contributed by atoms with Crippen molar-refractivity contribution >= 4 is 5.91 Å². The number of methoxy groups -OCH3 is 1. The predicted octanol–water partition coefficient (Wildman–Crippen LogP) is 3.19. The maximum Gasteiger partial charge on any atom is 0.261 e. The van der Waals surface area contributed by atoms with Gasteiger partial charge in [-0.05, 0) is 55.0 Å². The lowest BCUT2D eigenvalue weighted by Crippen LogP contribution is -2.39. The largest absolute Gasteiger partial charge is 0.497 e. The van der Waals surface area contributed by atoms with E-state index in [1.807, 2.05) is 6.92 Å². The second-order valence-corrected chi connectivity index (χ2v) is 5.28. The lowest BCUT2D eigenvalue weighted by molar-refractivity contribution is -0.128. The second kappa shape index (κ2) is 9.52. The average molecular weight is 347 g/mol. The van der Waals surface area contributed by atoms with E-state index in [0.717, 1.165) is 5.75 Å². The Labute approximate surface area is 146 Å². The molecule has 0 radical (unpaired) electrons. The van der Waals surface area contributed by atoms with Crippen molar-refractivity contribution < 1.29 is 23.4 Å². The number of nitrogens with one attached hydrogen (secondary N) is 1. The molecule has 5 nitrogen and oxygen atoms in total. The number of benzene rings is 2. The van der Waals surface area contributed by atoms with Crippen LogP contribution in [-0.2, 0) is 4.79 Å². The van der Waals surface area contributed by atoms with Gasteiger partial charge in [0.25, 0.3) is 5.91 Å². The Morgan fingerprint density at radius 3 is 2.24 bits per heavy atom. The molecule has 0 aliphatic rings. The highest BCUT2D eigenvalue weighted by Gasteiger charge is 2.17. The standard InChI is InChI=1S/C19H22FNO4/c1-3-18(25-17-10-8-15(23-2)9-11-17)19(22)21-12-13-24-16-6-4-14(20)5-7-16/h4-11,18H,3,12-13H2,1-2H3,(H,21,22)/t18-/m1/s1. The van der Waals surface area contributed by atoms with Crippen molar-refractivity contribution in [3.8, 4) is 17.2 Å². The van der Waals surface area contributed by atoms with Gasteiger partial charge in [0.05, 0.1) is 13.7 Å². The lowest BCUT2D eigenvalue weighted by Gasteiger charge is -2.17. The predicted molar refractivity (Wildman–Crippen MR) is 92.6 cm³/mol. The van der Waals surface area contributed by atoms with Crippen LogP contribution in [0.4, 0.5) is 4.39 Å². The molecule has 1 atom stereocenters. The van der Waals surface area contributed by atoms with Crippen molar-refractivity contribution in [1.82, 2.24) is 5.32 Å². The normalized spacial score (nSPS) is 11.5. The van der Waals surface area contributed by atoms with E-state index in [-0.39, 0.29) is 18.3 Å². The van der Waals surface area contributed by atoms with Gasteiger partial charge in [-0.3, -0.25) is 4.79 Å². The van der Waals surface area contributed by atoms with Crippen molar-refractivity contribution in [1.29, 1.82) is 0 Å². The van der Waals surface area contributed by atoms with E-state index in [1.165, 1.54) is 12.1 Å². The minimum absolute atomic E-state index is 0.207. The number of halogens is 1. The molecular weight excluding hydrogens is 325 g/mol. The number of hydrogen-bond acceptors (Lipinski definition) is 4. The van der Waals surface area contributed by atoms with Crippen LogP contribution in [0, 0.1) is 5.82 Å². The van der Waals surface area contributed by atoms with Crippen LogP contribution in [0.2, 0.25) is 0 Å². The van der Waals surface area contributed by atoms with E-state index in [4.69, 9.17) is 14.2 Å². The van der Waals surface area contributed by atoms with Gasteiger partial charge in [0.2, 0.25) is 0 Å². The SMILES string of the molecule is CC[C@@H](Oc1ccc(OC)cc1)C(=O)NCCOc1ccc(F)cc1. The van der Waals surface area contributed by atoms with Gasteiger partial charge < -0.3 is 19.5 Å². The third-order valence-electron chi connectivity index (χ3n) is 3.48. The summed E-state index contributed by atoms with van der Waals surface area (Å²) >= 11 is 0. The van der Waals surface area contributed by atoms with Crippen molar-refractivity contribution in [3.63, 3.8) is 0 Å². The molecule has 1 N–H and O–H groups in total. The van der Waals surface area contributed by atoms with Crippen LogP contribution in [-0.4, -0.2) is 32.3 Å². The molecule has 0 aliphatic carbocycles. The second-order valence-electron chi connectivity index (χ2n) is 5.28. The van der Waals surface area contributed by atoms with E-state index < -0.39 is 6.10 Å². The molecule has 0 unspecified atom stereocenters. The van der Waals surface area contributed by atoms with Crippen molar-refractivity contribution in [2.75, 3.05) is 20.3 Å².